The molecule has 32 heavy (non-hydrogen) atoms. The van der Waals surface area contributed by atoms with Gasteiger partial charge >= 0.3 is 0 Å². The number of primary amides is 1. The third-order valence-corrected chi connectivity index (χ3v) is 6.60. The van der Waals surface area contributed by atoms with Gasteiger partial charge < -0.3 is 11.1 Å². The lowest BCUT2D eigenvalue weighted by Gasteiger charge is -2.12. The quantitative estimate of drug-likeness (QED) is 0.402. The molecule has 0 saturated carbocycles. The minimum Gasteiger partial charge on any atom is -0.366 e. The van der Waals surface area contributed by atoms with Crippen molar-refractivity contribution < 1.29 is 9.59 Å². The van der Waals surface area contributed by atoms with E-state index in [1.807, 2.05) is 35.8 Å². The minimum atomic E-state index is -0.578. The second kappa shape index (κ2) is 9.33. The summed E-state index contributed by atoms with van der Waals surface area (Å²) >= 11 is 2.51. The van der Waals surface area contributed by atoms with Crippen LogP contribution in [-0.2, 0) is 4.79 Å². The number of thiophene rings is 1. The normalized spacial score (nSPS) is 10.8. The van der Waals surface area contributed by atoms with Gasteiger partial charge in [0.15, 0.2) is 11.0 Å². The van der Waals surface area contributed by atoms with Crippen molar-refractivity contribution in [1.29, 1.82) is 0 Å². The van der Waals surface area contributed by atoms with Gasteiger partial charge in [0.1, 0.15) is 5.00 Å². The summed E-state index contributed by atoms with van der Waals surface area (Å²) < 4.78 is 1.93. The number of carbonyl (C=O) groups is 2. The lowest BCUT2D eigenvalue weighted by molar-refractivity contribution is -0.113. The van der Waals surface area contributed by atoms with Crippen molar-refractivity contribution >= 4 is 39.9 Å². The number of anilines is 1. The Kier molecular flexibility index (Phi) is 6.33. The van der Waals surface area contributed by atoms with Crippen LogP contribution in [0.2, 0.25) is 0 Å². The Morgan fingerprint density at radius 1 is 1.09 bits per heavy atom. The fourth-order valence-corrected chi connectivity index (χ4v) is 4.60. The number of nitrogens with two attached hydrogens (primary N) is 1. The average Bonchev–Trinajstić information content (AvgIpc) is 3.42. The van der Waals surface area contributed by atoms with Crippen LogP contribution in [0.3, 0.4) is 0 Å². The molecule has 0 radical (unpaired) electrons. The molecule has 0 unspecified atom stereocenters. The van der Waals surface area contributed by atoms with Crippen LogP contribution in [-0.4, -0.2) is 37.3 Å². The number of hydrogen-bond donors (Lipinski definition) is 2. The lowest BCUT2D eigenvalue weighted by Crippen LogP contribution is -2.18. The molecule has 0 bridgehead atoms. The van der Waals surface area contributed by atoms with Crippen LogP contribution in [0, 0.1) is 13.8 Å². The first-order valence-electron chi connectivity index (χ1n) is 9.67. The molecule has 0 atom stereocenters. The maximum absolute atomic E-state index is 12.5. The van der Waals surface area contributed by atoms with Crippen molar-refractivity contribution in [3.05, 3.63) is 70.9 Å². The monoisotopic (exact) mass is 464 g/mol. The molecule has 0 aliphatic carbocycles. The number of aryl methyl sites for hydroxylation is 2. The zero-order chi connectivity index (χ0) is 22.7. The highest BCUT2D eigenvalue weighted by atomic mass is 32.2. The largest absolute Gasteiger partial charge is 0.366 e. The molecule has 162 valence electrons. The van der Waals surface area contributed by atoms with Gasteiger partial charge in [-0.1, -0.05) is 17.8 Å². The molecule has 3 N–H and O–H groups in total. The molecule has 10 heteroatoms. The summed E-state index contributed by atoms with van der Waals surface area (Å²) in [5.41, 5.74) is 9.74. The third-order valence-electron chi connectivity index (χ3n) is 4.84. The number of rotatable bonds is 7. The summed E-state index contributed by atoms with van der Waals surface area (Å²) in [4.78, 5) is 28.1. The number of nitrogens with zero attached hydrogens (tertiary/aromatic N) is 4. The summed E-state index contributed by atoms with van der Waals surface area (Å²) in [6.45, 7) is 4.10. The second-order valence-corrected chi connectivity index (χ2v) is 8.87. The molecule has 4 aromatic rings. The van der Waals surface area contributed by atoms with Crippen LogP contribution < -0.4 is 11.1 Å². The summed E-state index contributed by atoms with van der Waals surface area (Å²) in [5, 5.41) is 14.2. The fraction of sp³-hybridized carbons (Fsp3) is 0.136. The van der Waals surface area contributed by atoms with E-state index >= 15 is 0 Å². The van der Waals surface area contributed by atoms with Gasteiger partial charge in [-0.25, -0.2) is 0 Å². The number of hydrogen-bond acceptors (Lipinski definition) is 7. The molecule has 1 aromatic carbocycles. The van der Waals surface area contributed by atoms with Gasteiger partial charge in [0.25, 0.3) is 5.91 Å². The van der Waals surface area contributed by atoms with Crippen molar-refractivity contribution in [2.75, 3.05) is 11.1 Å². The Hall–Kier alpha value is -3.50. The Morgan fingerprint density at radius 3 is 2.59 bits per heavy atom. The van der Waals surface area contributed by atoms with E-state index in [0.717, 1.165) is 16.8 Å². The lowest BCUT2D eigenvalue weighted by atomic mass is 10.1. The highest BCUT2D eigenvalue weighted by Gasteiger charge is 2.19. The minimum absolute atomic E-state index is 0.0927. The van der Waals surface area contributed by atoms with E-state index in [4.69, 9.17) is 5.73 Å². The molecule has 0 saturated heterocycles. The van der Waals surface area contributed by atoms with E-state index in [2.05, 4.69) is 33.5 Å². The number of amides is 2. The molecular formula is C22H20N6O2S2. The van der Waals surface area contributed by atoms with Crippen molar-refractivity contribution in [3.8, 4) is 17.1 Å². The van der Waals surface area contributed by atoms with Crippen molar-refractivity contribution in [1.82, 2.24) is 19.7 Å². The number of pyridine rings is 1. The predicted octanol–water partition coefficient (Wildman–Crippen LogP) is 3.84. The predicted molar refractivity (Wildman–Crippen MR) is 126 cm³/mol. The molecule has 0 aliphatic rings. The average molecular weight is 465 g/mol. The Bertz CT molecular complexity index is 1280. The number of nitrogens with one attached hydrogen (secondary N) is 1. The molecule has 0 aliphatic heterocycles. The zero-order valence-electron chi connectivity index (χ0n) is 17.4. The number of aromatic nitrogens is 4. The second-order valence-electron chi connectivity index (χ2n) is 7.01. The SMILES string of the molecule is Cc1ccc(-n2c(SCC(=O)Nc3sccc3C(N)=O)nnc2-c2ccncc2)cc1C. The van der Waals surface area contributed by atoms with Crippen LogP contribution in [0.25, 0.3) is 17.1 Å². The maximum Gasteiger partial charge on any atom is 0.251 e. The summed E-state index contributed by atoms with van der Waals surface area (Å²) in [6.07, 6.45) is 3.40. The fourth-order valence-electron chi connectivity index (χ4n) is 3.04. The first-order chi connectivity index (χ1) is 15.4. The van der Waals surface area contributed by atoms with Gasteiger partial charge in [0, 0.05) is 18.0 Å². The number of benzene rings is 1. The van der Waals surface area contributed by atoms with Gasteiger partial charge in [0.2, 0.25) is 5.91 Å². The highest BCUT2D eigenvalue weighted by Crippen LogP contribution is 2.29. The molecule has 4 rings (SSSR count). The maximum atomic E-state index is 12.5. The van der Waals surface area contributed by atoms with E-state index < -0.39 is 5.91 Å². The van der Waals surface area contributed by atoms with Crippen LogP contribution in [0.15, 0.2) is 59.3 Å². The smallest absolute Gasteiger partial charge is 0.251 e. The standard InChI is InChI=1S/C22H20N6O2S2/c1-13-3-4-16(11-14(13)2)28-20(15-5-8-24-9-6-15)26-27-22(28)32-12-18(29)25-21-17(19(23)30)7-10-31-21/h3-11H,12H2,1-2H3,(H2,23,30)(H,25,29). The van der Waals surface area contributed by atoms with E-state index in [0.29, 0.717) is 21.5 Å². The van der Waals surface area contributed by atoms with Crippen LogP contribution in [0.5, 0.6) is 0 Å². The third kappa shape index (κ3) is 4.56. The van der Waals surface area contributed by atoms with E-state index in [1.54, 1.807) is 23.8 Å². The van der Waals surface area contributed by atoms with Crippen LogP contribution in [0.4, 0.5) is 5.00 Å². The van der Waals surface area contributed by atoms with Gasteiger partial charge in [-0.3, -0.25) is 19.1 Å². The molecule has 3 aromatic heterocycles. The molecule has 3 heterocycles. The van der Waals surface area contributed by atoms with E-state index in [-0.39, 0.29) is 11.7 Å². The first kappa shape index (κ1) is 21.7. The van der Waals surface area contributed by atoms with E-state index in [9.17, 15) is 9.59 Å². The number of carbonyl (C=O) groups excluding carboxylic acids is 2. The first-order valence-corrected chi connectivity index (χ1v) is 11.5. The molecule has 8 nitrogen and oxygen atoms in total. The zero-order valence-corrected chi connectivity index (χ0v) is 19.0. The topological polar surface area (TPSA) is 116 Å². The van der Waals surface area contributed by atoms with E-state index in [1.165, 1.54) is 28.7 Å². The Labute approximate surface area is 192 Å². The Balaban J connectivity index is 1.61. The number of thioether (sulfide) groups is 1. The summed E-state index contributed by atoms with van der Waals surface area (Å²) in [6, 6.07) is 11.4. The summed E-state index contributed by atoms with van der Waals surface area (Å²) in [7, 11) is 0. The van der Waals surface area contributed by atoms with Crippen molar-refractivity contribution in [2.24, 2.45) is 5.73 Å². The van der Waals surface area contributed by atoms with Gasteiger partial charge in [0.05, 0.1) is 17.0 Å². The summed E-state index contributed by atoms with van der Waals surface area (Å²) in [5.74, 6) is -0.0892. The molecule has 0 spiro atoms. The molecule has 0 fully saturated rings. The van der Waals surface area contributed by atoms with Crippen LogP contribution in [0.1, 0.15) is 21.5 Å². The van der Waals surface area contributed by atoms with Crippen LogP contribution >= 0.6 is 23.1 Å². The van der Waals surface area contributed by atoms with Gasteiger partial charge in [-0.15, -0.1) is 21.5 Å². The van der Waals surface area contributed by atoms with Gasteiger partial charge in [-0.05, 0) is 60.7 Å². The highest BCUT2D eigenvalue weighted by molar-refractivity contribution is 7.99. The Morgan fingerprint density at radius 2 is 1.88 bits per heavy atom. The molecule has 2 amide bonds. The van der Waals surface area contributed by atoms with Crippen molar-refractivity contribution in [3.63, 3.8) is 0 Å². The molecular weight excluding hydrogens is 444 g/mol. The van der Waals surface area contributed by atoms with Gasteiger partial charge in [-0.2, -0.15) is 0 Å². The van der Waals surface area contributed by atoms with Crippen molar-refractivity contribution in [2.45, 2.75) is 19.0 Å².